The molecule has 0 fully saturated rings. The average molecular weight is 184 g/mol. The van der Waals surface area contributed by atoms with Crippen molar-refractivity contribution in [1.82, 2.24) is 0 Å². The molecule has 2 aliphatic heterocycles. The molecule has 14 heavy (non-hydrogen) atoms. The second-order valence-corrected chi connectivity index (χ2v) is 2.93. The lowest BCUT2D eigenvalue weighted by Crippen LogP contribution is -2.12. The van der Waals surface area contributed by atoms with Crippen molar-refractivity contribution in [3.63, 3.8) is 0 Å². The van der Waals surface area contributed by atoms with E-state index in [9.17, 15) is 4.79 Å². The van der Waals surface area contributed by atoms with Gasteiger partial charge >= 0.3 is 0 Å². The normalized spacial score (nSPS) is 15.9. The average Bonchev–Trinajstić information content (AvgIpc) is 2.65. The molecule has 1 aromatic carbocycles. The zero-order valence-corrected chi connectivity index (χ0v) is 7.01. The summed E-state index contributed by atoms with van der Waals surface area (Å²) in [6.45, 7) is 0. The van der Waals surface area contributed by atoms with E-state index in [-0.39, 0.29) is 5.91 Å². The maximum absolute atomic E-state index is 10.9. The summed E-state index contributed by atoms with van der Waals surface area (Å²) in [7, 11) is 0. The Hall–Kier alpha value is -2.17. The molecule has 66 valence electrons. The number of carbonyl (C=O) groups is 1. The third kappa shape index (κ3) is 0.861. The van der Waals surface area contributed by atoms with Gasteiger partial charge in [0.1, 0.15) is 17.7 Å². The number of hydrogen-bond donors (Lipinski definition) is 0. The van der Waals surface area contributed by atoms with Crippen molar-refractivity contribution in [3.8, 4) is 0 Å². The van der Waals surface area contributed by atoms with E-state index in [1.54, 1.807) is 6.07 Å². The molecular formula is C9H4N4O. The van der Waals surface area contributed by atoms with Crippen LogP contribution >= 0.6 is 0 Å². The first-order valence-corrected chi connectivity index (χ1v) is 4.05. The molecule has 0 N–H and O–H groups in total. The third-order valence-electron chi connectivity index (χ3n) is 2.07. The SMILES string of the molecule is O=C1C=c2ccc3c(c2N=N1)N=CN=3. The van der Waals surface area contributed by atoms with Crippen LogP contribution in [0.25, 0.3) is 6.08 Å². The van der Waals surface area contributed by atoms with E-state index >= 15 is 0 Å². The Labute approximate surface area is 78.2 Å². The fraction of sp³-hybridized carbons (Fsp3) is 0. The molecule has 1 aromatic rings. The van der Waals surface area contributed by atoms with Gasteiger partial charge in [0.15, 0.2) is 0 Å². The van der Waals surface area contributed by atoms with E-state index in [1.807, 2.05) is 6.07 Å². The zero-order valence-electron chi connectivity index (χ0n) is 7.01. The van der Waals surface area contributed by atoms with Gasteiger partial charge in [-0.2, -0.15) is 0 Å². The number of benzene rings is 1. The van der Waals surface area contributed by atoms with Gasteiger partial charge in [-0.3, -0.25) is 4.79 Å². The summed E-state index contributed by atoms with van der Waals surface area (Å²) in [4.78, 5) is 19.0. The first-order valence-electron chi connectivity index (χ1n) is 4.05. The molecule has 0 saturated carbocycles. The Kier molecular flexibility index (Phi) is 1.25. The molecule has 0 spiro atoms. The maximum Gasteiger partial charge on any atom is 0.288 e. The molecule has 5 nitrogen and oxygen atoms in total. The second kappa shape index (κ2) is 2.41. The summed E-state index contributed by atoms with van der Waals surface area (Å²) in [5.74, 6) is -0.337. The van der Waals surface area contributed by atoms with Gasteiger partial charge in [0.05, 0.1) is 5.36 Å². The van der Waals surface area contributed by atoms with E-state index in [0.29, 0.717) is 11.4 Å². The molecule has 0 aromatic heterocycles. The second-order valence-electron chi connectivity index (χ2n) is 2.93. The molecule has 1 amide bonds. The van der Waals surface area contributed by atoms with Crippen LogP contribution in [-0.2, 0) is 4.79 Å². The highest BCUT2D eigenvalue weighted by Crippen LogP contribution is 2.22. The van der Waals surface area contributed by atoms with E-state index in [1.165, 1.54) is 12.4 Å². The lowest BCUT2D eigenvalue weighted by Gasteiger charge is -2.00. The molecule has 0 unspecified atom stereocenters. The predicted molar refractivity (Wildman–Crippen MR) is 49.4 cm³/mol. The fourth-order valence-electron chi connectivity index (χ4n) is 1.45. The van der Waals surface area contributed by atoms with Crippen LogP contribution in [0, 0.1) is 0 Å². The van der Waals surface area contributed by atoms with Crippen LogP contribution in [0.4, 0.5) is 11.4 Å². The minimum absolute atomic E-state index is 0.337. The number of aliphatic imine (C=N–C) groups is 1. The van der Waals surface area contributed by atoms with Gasteiger partial charge in [-0.05, 0) is 6.07 Å². The number of carbonyl (C=O) groups excluding carboxylic acids is 1. The van der Waals surface area contributed by atoms with Crippen molar-refractivity contribution in [2.75, 3.05) is 0 Å². The highest BCUT2D eigenvalue weighted by Gasteiger charge is 2.12. The zero-order chi connectivity index (χ0) is 9.54. The summed E-state index contributed by atoms with van der Waals surface area (Å²) >= 11 is 0. The fourth-order valence-corrected chi connectivity index (χ4v) is 1.45. The number of fused-ring (bicyclic) bond motifs is 3. The maximum atomic E-state index is 10.9. The molecular weight excluding hydrogens is 180 g/mol. The minimum Gasteiger partial charge on any atom is -0.266 e. The first kappa shape index (κ1) is 7.25. The van der Waals surface area contributed by atoms with Crippen molar-refractivity contribution in [2.24, 2.45) is 20.2 Å². The van der Waals surface area contributed by atoms with Gasteiger partial charge in [0.2, 0.25) is 0 Å². The van der Waals surface area contributed by atoms with E-state index in [4.69, 9.17) is 0 Å². The van der Waals surface area contributed by atoms with E-state index in [0.717, 1.165) is 10.6 Å². The Bertz CT molecular complexity index is 612. The van der Waals surface area contributed by atoms with Crippen molar-refractivity contribution < 1.29 is 4.79 Å². The van der Waals surface area contributed by atoms with Crippen molar-refractivity contribution >= 4 is 29.7 Å². The molecule has 0 saturated heterocycles. The van der Waals surface area contributed by atoms with E-state index < -0.39 is 0 Å². The van der Waals surface area contributed by atoms with Crippen molar-refractivity contribution in [1.29, 1.82) is 0 Å². The van der Waals surface area contributed by atoms with Gasteiger partial charge in [0, 0.05) is 11.3 Å². The highest BCUT2D eigenvalue weighted by atomic mass is 16.1. The predicted octanol–water partition coefficient (Wildman–Crippen LogP) is 0.384. The molecule has 5 heteroatoms. The number of azo groups is 1. The molecule has 3 rings (SSSR count). The lowest BCUT2D eigenvalue weighted by molar-refractivity contribution is -0.112. The molecule has 0 atom stereocenters. The Morgan fingerprint density at radius 3 is 2.93 bits per heavy atom. The Morgan fingerprint density at radius 1 is 1.07 bits per heavy atom. The molecule has 0 aliphatic carbocycles. The van der Waals surface area contributed by atoms with Gasteiger partial charge in [-0.15, -0.1) is 10.2 Å². The number of hydrogen-bond acceptors (Lipinski definition) is 4. The van der Waals surface area contributed by atoms with Crippen molar-refractivity contribution in [3.05, 3.63) is 22.7 Å². The van der Waals surface area contributed by atoms with Crippen LogP contribution in [0.15, 0.2) is 32.3 Å². The van der Waals surface area contributed by atoms with Gasteiger partial charge in [0.25, 0.3) is 5.91 Å². The van der Waals surface area contributed by atoms with Gasteiger partial charge < -0.3 is 0 Å². The summed E-state index contributed by atoms with van der Waals surface area (Å²) in [6.07, 6.45) is 2.91. The number of amides is 1. The summed E-state index contributed by atoms with van der Waals surface area (Å²) in [6, 6.07) is 3.61. The number of rotatable bonds is 0. The first-order chi connectivity index (χ1) is 6.84. The molecule has 0 radical (unpaired) electrons. The molecule has 2 heterocycles. The van der Waals surface area contributed by atoms with Crippen LogP contribution in [0.5, 0.6) is 0 Å². The lowest BCUT2D eigenvalue weighted by atomic mass is 10.2. The van der Waals surface area contributed by atoms with Crippen molar-refractivity contribution in [2.45, 2.75) is 0 Å². The third-order valence-corrected chi connectivity index (χ3v) is 2.07. The van der Waals surface area contributed by atoms with E-state index in [2.05, 4.69) is 20.2 Å². The van der Waals surface area contributed by atoms with Gasteiger partial charge in [-0.25, -0.2) is 9.98 Å². The smallest absolute Gasteiger partial charge is 0.266 e. The highest BCUT2D eigenvalue weighted by molar-refractivity contribution is 6.06. The van der Waals surface area contributed by atoms with Gasteiger partial charge in [-0.1, -0.05) is 6.07 Å². The van der Waals surface area contributed by atoms with Crippen LogP contribution in [0.3, 0.4) is 0 Å². The minimum atomic E-state index is -0.337. The largest absolute Gasteiger partial charge is 0.288 e. The quantitative estimate of drug-likeness (QED) is 0.574. The van der Waals surface area contributed by atoms with Crippen LogP contribution in [0.2, 0.25) is 0 Å². The Morgan fingerprint density at radius 2 is 2.00 bits per heavy atom. The molecule has 0 bridgehead atoms. The summed E-state index contributed by atoms with van der Waals surface area (Å²) < 4.78 is 0. The monoisotopic (exact) mass is 184 g/mol. The standard InChI is InChI=1S/C9H4N4O/c14-7-3-5-1-2-6-9(11-4-10-6)8(5)13-12-7/h1-4H. The summed E-state index contributed by atoms with van der Waals surface area (Å²) in [5, 5.41) is 8.80. The molecule has 2 aliphatic rings. The topological polar surface area (TPSA) is 66.5 Å². The Balaban J connectivity index is 2.48. The number of nitrogens with zero attached hydrogens (tertiary/aromatic N) is 4. The van der Waals surface area contributed by atoms with Crippen LogP contribution in [0.1, 0.15) is 0 Å². The summed E-state index contributed by atoms with van der Waals surface area (Å²) in [5.41, 5.74) is 1.31. The van der Waals surface area contributed by atoms with Crippen LogP contribution in [-0.4, -0.2) is 12.2 Å². The van der Waals surface area contributed by atoms with Crippen LogP contribution < -0.4 is 10.6 Å².